The van der Waals surface area contributed by atoms with Gasteiger partial charge in [-0.25, -0.2) is 9.97 Å². The SMILES string of the molecule is Cc1cccc(CNc2nc(C3CC3)nc(N)c2C)n1. The fraction of sp³-hybridized carbons (Fsp3) is 0.400. The van der Waals surface area contributed by atoms with E-state index in [0.29, 0.717) is 18.3 Å². The molecule has 20 heavy (non-hydrogen) atoms. The standard InChI is InChI=1S/C15H19N5/c1-9-4-3-5-12(18-9)8-17-14-10(2)13(16)19-15(20-14)11-6-7-11/h3-5,11H,6-8H2,1-2H3,(H3,16,17,19,20). The lowest BCUT2D eigenvalue weighted by Crippen LogP contribution is -2.10. The van der Waals surface area contributed by atoms with E-state index in [1.165, 1.54) is 12.8 Å². The highest BCUT2D eigenvalue weighted by atomic mass is 15.1. The Balaban J connectivity index is 1.79. The lowest BCUT2D eigenvalue weighted by Gasteiger charge is -2.11. The number of nitrogen functional groups attached to an aromatic ring is 1. The van der Waals surface area contributed by atoms with Crippen molar-refractivity contribution < 1.29 is 0 Å². The molecule has 3 rings (SSSR count). The molecule has 0 aromatic carbocycles. The highest BCUT2D eigenvalue weighted by Gasteiger charge is 2.27. The van der Waals surface area contributed by atoms with E-state index < -0.39 is 0 Å². The number of nitrogens with two attached hydrogens (primary N) is 1. The van der Waals surface area contributed by atoms with E-state index in [1.807, 2.05) is 32.0 Å². The molecule has 5 nitrogen and oxygen atoms in total. The van der Waals surface area contributed by atoms with Gasteiger partial charge in [-0.15, -0.1) is 0 Å². The zero-order chi connectivity index (χ0) is 14.1. The Labute approximate surface area is 118 Å². The minimum atomic E-state index is 0.496. The van der Waals surface area contributed by atoms with Gasteiger partial charge >= 0.3 is 0 Å². The zero-order valence-corrected chi connectivity index (χ0v) is 11.8. The van der Waals surface area contributed by atoms with Gasteiger partial charge in [0.2, 0.25) is 0 Å². The third-order valence-corrected chi connectivity index (χ3v) is 3.53. The lowest BCUT2D eigenvalue weighted by atomic mass is 10.2. The third kappa shape index (κ3) is 2.71. The van der Waals surface area contributed by atoms with Gasteiger partial charge in [-0.3, -0.25) is 4.98 Å². The van der Waals surface area contributed by atoms with Gasteiger partial charge in [-0.05, 0) is 38.8 Å². The first-order valence-electron chi connectivity index (χ1n) is 6.94. The van der Waals surface area contributed by atoms with Gasteiger partial charge in [0.15, 0.2) is 0 Å². The van der Waals surface area contributed by atoms with Gasteiger partial charge in [0.05, 0.1) is 12.2 Å². The first-order valence-corrected chi connectivity index (χ1v) is 6.94. The average molecular weight is 269 g/mol. The topological polar surface area (TPSA) is 76.7 Å². The summed E-state index contributed by atoms with van der Waals surface area (Å²) in [6, 6.07) is 6.00. The predicted molar refractivity (Wildman–Crippen MR) is 79.5 cm³/mol. The van der Waals surface area contributed by atoms with Crippen molar-refractivity contribution in [2.75, 3.05) is 11.1 Å². The van der Waals surface area contributed by atoms with Crippen LogP contribution >= 0.6 is 0 Å². The van der Waals surface area contributed by atoms with Crippen LogP contribution in [0.4, 0.5) is 11.6 Å². The number of aryl methyl sites for hydroxylation is 1. The maximum atomic E-state index is 5.97. The number of nitrogens with one attached hydrogen (secondary N) is 1. The summed E-state index contributed by atoms with van der Waals surface area (Å²) in [5, 5.41) is 3.33. The molecule has 0 saturated heterocycles. The van der Waals surface area contributed by atoms with E-state index in [4.69, 9.17) is 5.73 Å². The first-order chi connectivity index (χ1) is 9.63. The molecule has 0 spiro atoms. The normalized spacial score (nSPS) is 14.3. The van der Waals surface area contributed by atoms with Gasteiger partial charge in [0.25, 0.3) is 0 Å². The van der Waals surface area contributed by atoms with Gasteiger partial charge in [-0.2, -0.15) is 0 Å². The summed E-state index contributed by atoms with van der Waals surface area (Å²) in [5.41, 5.74) is 8.89. The van der Waals surface area contributed by atoms with Crippen LogP contribution in [0.25, 0.3) is 0 Å². The number of pyridine rings is 1. The van der Waals surface area contributed by atoms with Crippen LogP contribution < -0.4 is 11.1 Å². The van der Waals surface area contributed by atoms with Gasteiger partial charge < -0.3 is 11.1 Å². The molecular weight excluding hydrogens is 250 g/mol. The first kappa shape index (κ1) is 12.8. The lowest BCUT2D eigenvalue weighted by molar-refractivity contribution is 0.911. The molecule has 2 heterocycles. The Hall–Kier alpha value is -2.17. The van der Waals surface area contributed by atoms with Gasteiger partial charge in [-0.1, -0.05) is 6.07 Å². The molecule has 5 heteroatoms. The zero-order valence-electron chi connectivity index (χ0n) is 11.8. The highest BCUT2D eigenvalue weighted by Crippen LogP contribution is 2.39. The van der Waals surface area contributed by atoms with E-state index in [-0.39, 0.29) is 0 Å². The van der Waals surface area contributed by atoms with E-state index in [2.05, 4.69) is 20.3 Å². The summed E-state index contributed by atoms with van der Waals surface area (Å²) < 4.78 is 0. The highest BCUT2D eigenvalue weighted by molar-refractivity contribution is 5.55. The molecule has 1 saturated carbocycles. The fourth-order valence-corrected chi connectivity index (χ4v) is 2.12. The summed E-state index contributed by atoms with van der Waals surface area (Å²) in [7, 11) is 0. The number of hydrogen-bond acceptors (Lipinski definition) is 5. The van der Waals surface area contributed by atoms with Crippen molar-refractivity contribution in [3.05, 3.63) is 41.0 Å². The Morgan fingerprint density at radius 3 is 2.70 bits per heavy atom. The van der Waals surface area contributed by atoms with Crippen molar-refractivity contribution in [3.63, 3.8) is 0 Å². The maximum Gasteiger partial charge on any atom is 0.136 e. The Bertz CT molecular complexity index is 634. The number of rotatable bonds is 4. The molecule has 1 aliphatic rings. The van der Waals surface area contributed by atoms with Crippen molar-refractivity contribution in [2.45, 2.75) is 39.2 Å². The van der Waals surface area contributed by atoms with Crippen molar-refractivity contribution in [1.82, 2.24) is 15.0 Å². The summed E-state index contributed by atoms with van der Waals surface area (Å²) in [6.45, 7) is 4.57. The smallest absolute Gasteiger partial charge is 0.136 e. The van der Waals surface area contributed by atoms with Crippen molar-refractivity contribution in [1.29, 1.82) is 0 Å². The van der Waals surface area contributed by atoms with Crippen LogP contribution in [-0.2, 0) is 6.54 Å². The molecule has 0 bridgehead atoms. The van der Waals surface area contributed by atoms with Gasteiger partial charge in [0, 0.05) is 17.2 Å². The number of anilines is 2. The predicted octanol–water partition coefficient (Wildman–Crippen LogP) is 2.56. The summed E-state index contributed by atoms with van der Waals surface area (Å²) in [5.74, 6) is 2.76. The van der Waals surface area contributed by atoms with Crippen LogP contribution in [0.15, 0.2) is 18.2 Å². The number of hydrogen-bond donors (Lipinski definition) is 2. The Morgan fingerprint density at radius 2 is 2.00 bits per heavy atom. The fourth-order valence-electron chi connectivity index (χ4n) is 2.12. The average Bonchev–Trinajstić information content (AvgIpc) is 3.25. The van der Waals surface area contributed by atoms with Crippen LogP contribution in [0, 0.1) is 13.8 Å². The minimum Gasteiger partial charge on any atom is -0.383 e. The molecule has 0 radical (unpaired) electrons. The molecule has 0 atom stereocenters. The molecule has 3 N–H and O–H groups in total. The monoisotopic (exact) mass is 269 g/mol. The van der Waals surface area contributed by atoms with E-state index >= 15 is 0 Å². The quantitative estimate of drug-likeness (QED) is 0.892. The van der Waals surface area contributed by atoms with E-state index in [0.717, 1.165) is 28.6 Å². The summed E-state index contributed by atoms with van der Waals surface area (Å²) >= 11 is 0. The molecule has 1 fully saturated rings. The largest absolute Gasteiger partial charge is 0.383 e. The Kier molecular flexibility index (Phi) is 3.26. The van der Waals surface area contributed by atoms with Crippen LogP contribution in [0.1, 0.15) is 41.5 Å². The molecule has 0 aliphatic heterocycles. The molecule has 2 aromatic rings. The van der Waals surface area contributed by atoms with Crippen LogP contribution in [-0.4, -0.2) is 15.0 Å². The second-order valence-electron chi connectivity index (χ2n) is 5.34. The molecule has 0 amide bonds. The molecule has 104 valence electrons. The number of aromatic nitrogens is 3. The van der Waals surface area contributed by atoms with Crippen LogP contribution in [0.5, 0.6) is 0 Å². The van der Waals surface area contributed by atoms with Crippen LogP contribution in [0.2, 0.25) is 0 Å². The van der Waals surface area contributed by atoms with E-state index in [9.17, 15) is 0 Å². The van der Waals surface area contributed by atoms with Gasteiger partial charge in [0.1, 0.15) is 17.5 Å². The minimum absolute atomic E-state index is 0.496. The second kappa shape index (κ2) is 5.07. The summed E-state index contributed by atoms with van der Waals surface area (Å²) in [4.78, 5) is 13.5. The molecule has 0 unspecified atom stereocenters. The van der Waals surface area contributed by atoms with E-state index in [1.54, 1.807) is 0 Å². The third-order valence-electron chi connectivity index (χ3n) is 3.53. The van der Waals surface area contributed by atoms with Crippen molar-refractivity contribution in [3.8, 4) is 0 Å². The molecular formula is C15H19N5. The molecule has 2 aromatic heterocycles. The van der Waals surface area contributed by atoms with Crippen molar-refractivity contribution in [2.24, 2.45) is 0 Å². The van der Waals surface area contributed by atoms with Crippen LogP contribution in [0.3, 0.4) is 0 Å². The second-order valence-corrected chi connectivity index (χ2v) is 5.34. The maximum absolute atomic E-state index is 5.97. The number of nitrogens with zero attached hydrogens (tertiary/aromatic N) is 3. The Morgan fingerprint density at radius 1 is 1.20 bits per heavy atom. The molecule has 1 aliphatic carbocycles. The van der Waals surface area contributed by atoms with Crippen molar-refractivity contribution >= 4 is 11.6 Å². The summed E-state index contributed by atoms with van der Waals surface area (Å²) in [6.07, 6.45) is 2.34.